The molecule has 1 fully saturated rings. The number of aromatic nitrogens is 1. The van der Waals surface area contributed by atoms with Crippen molar-refractivity contribution in [1.29, 1.82) is 0 Å². The van der Waals surface area contributed by atoms with Gasteiger partial charge in [0, 0.05) is 29.3 Å². The van der Waals surface area contributed by atoms with Crippen LogP contribution < -0.4 is 10.3 Å². The van der Waals surface area contributed by atoms with Crippen molar-refractivity contribution >= 4 is 33.8 Å². The summed E-state index contributed by atoms with van der Waals surface area (Å²) in [4.78, 5) is 25.1. The molecule has 5 rings (SSSR count). The van der Waals surface area contributed by atoms with Gasteiger partial charge in [-0.25, -0.2) is 4.79 Å². The van der Waals surface area contributed by atoms with Crippen molar-refractivity contribution in [2.75, 3.05) is 6.61 Å². The molecule has 0 unspecified atom stereocenters. The van der Waals surface area contributed by atoms with Crippen molar-refractivity contribution in [3.8, 4) is 5.75 Å². The van der Waals surface area contributed by atoms with E-state index in [2.05, 4.69) is 24.3 Å². The smallest absolute Gasteiger partial charge is 0.327 e. The van der Waals surface area contributed by atoms with Crippen LogP contribution >= 0.6 is 12.2 Å². The molecule has 2 heterocycles. The fraction of sp³-hybridized carbons (Fsp3) is 0.292. The summed E-state index contributed by atoms with van der Waals surface area (Å²) in [6, 6.07) is 14.8. The van der Waals surface area contributed by atoms with Crippen LogP contribution in [-0.2, 0) is 11.2 Å². The van der Waals surface area contributed by atoms with Crippen LogP contribution in [0.2, 0.25) is 0 Å². The molecule has 2 aliphatic rings. The van der Waals surface area contributed by atoms with E-state index < -0.39 is 12.0 Å². The molecular weight excluding hydrogens is 398 g/mol. The minimum absolute atomic E-state index is 0.150. The van der Waals surface area contributed by atoms with E-state index in [0.717, 1.165) is 34.7 Å². The SMILES string of the molecule is O=C(O)[C@H]1CC(=S)c2c(OCC3CC3)c(Cc3cccc4ccccc34)cc(=O)n21. The first-order valence-corrected chi connectivity index (χ1v) is 10.6. The molecule has 0 amide bonds. The van der Waals surface area contributed by atoms with E-state index >= 15 is 0 Å². The number of carboxylic acid groups (broad SMARTS) is 1. The number of pyridine rings is 1. The summed E-state index contributed by atoms with van der Waals surface area (Å²) < 4.78 is 7.51. The molecule has 0 bridgehead atoms. The molecule has 1 aliphatic heterocycles. The molecule has 1 atom stereocenters. The Morgan fingerprint density at radius 3 is 2.67 bits per heavy atom. The lowest BCUT2D eigenvalue weighted by Crippen LogP contribution is -2.28. The zero-order valence-corrected chi connectivity index (χ0v) is 17.2. The van der Waals surface area contributed by atoms with E-state index in [1.807, 2.05) is 18.2 Å². The average molecular weight is 420 g/mol. The number of fused-ring (bicyclic) bond motifs is 2. The normalized spacial score (nSPS) is 17.9. The molecule has 1 aliphatic carbocycles. The van der Waals surface area contributed by atoms with Gasteiger partial charge in [-0.15, -0.1) is 0 Å². The molecule has 2 aromatic carbocycles. The van der Waals surface area contributed by atoms with Gasteiger partial charge in [0.2, 0.25) is 0 Å². The van der Waals surface area contributed by atoms with Gasteiger partial charge in [0.25, 0.3) is 5.56 Å². The van der Waals surface area contributed by atoms with Crippen LogP contribution in [-0.4, -0.2) is 27.1 Å². The maximum atomic E-state index is 12.9. The first-order chi connectivity index (χ1) is 14.5. The van der Waals surface area contributed by atoms with Crippen molar-refractivity contribution in [3.63, 3.8) is 0 Å². The highest BCUT2D eigenvalue weighted by atomic mass is 32.1. The number of benzene rings is 2. The van der Waals surface area contributed by atoms with Gasteiger partial charge in [0.05, 0.1) is 6.61 Å². The second kappa shape index (κ2) is 7.36. The van der Waals surface area contributed by atoms with Gasteiger partial charge in [0.15, 0.2) is 0 Å². The van der Waals surface area contributed by atoms with Crippen molar-refractivity contribution in [3.05, 3.63) is 75.7 Å². The Labute approximate surface area is 178 Å². The van der Waals surface area contributed by atoms with Gasteiger partial charge >= 0.3 is 5.97 Å². The van der Waals surface area contributed by atoms with Gasteiger partial charge in [-0.05, 0) is 35.1 Å². The molecule has 0 radical (unpaired) electrons. The zero-order valence-electron chi connectivity index (χ0n) is 16.3. The summed E-state index contributed by atoms with van der Waals surface area (Å²) in [5.74, 6) is 0.0459. The van der Waals surface area contributed by atoms with Gasteiger partial charge < -0.3 is 9.84 Å². The van der Waals surface area contributed by atoms with Crippen molar-refractivity contribution in [2.24, 2.45) is 5.92 Å². The Bertz CT molecular complexity index is 1240. The number of ether oxygens (including phenoxy) is 1. The zero-order chi connectivity index (χ0) is 20.8. The van der Waals surface area contributed by atoms with E-state index in [4.69, 9.17) is 17.0 Å². The van der Waals surface area contributed by atoms with Gasteiger partial charge in [0.1, 0.15) is 17.5 Å². The summed E-state index contributed by atoms with van der Waals surface area (Å²) in [7, 11) is 0. The van der Waals surface area contributed by atoms with E-state index in [1.54, 1.807) is 0 Å². The van der Waals surface area contributed by atoms with Gasteiger partial charge in [-0.2, -0.15) is 0 Å². The Balaban J connectivity index is 1.65. The molecule has 0 saturated heterocycles. The molecular formula is C24H21NO4S. The highest BCUT2D eigenvalue weighted by Crippen LogP contribution is 2.37. The average Bonchev–Trinajstić information content (AvgIpc) is 3.49. The molecule has 6 heteroatoms. The van der Waals surface area contributed by atoms with Crippen LogP contribution in [0.1, 0.15) is 42.1 Å². The molecule has 30 heavy (non-hydrogen) atoms. The largest absolute Gasteiger partial charge is 0.491 e. The predicted molar refractivity (Wildman–Crippen MR) is 119 cm³/mol. The molecule has 1 aromatic heterocycles. The van der Waals surface area contributed by atoms with Gasteiger partial charge in [-0.3, -0.25) is 9.36 Å². The number of thiocarbonyl (C=S) groups is 1. The first kappa shape index (κ1) is 19.0. The second-order valence-electron chi connectivity index (χ2n) is 8.11. The van der Waals surface area contributed by atoms with Gasteiger partial charge in [-0.1, -0.05) is 54.7 Å². The predicted octanol–water partition coefficient (Wildman–Crippen LogP) is 4.13. The van der Waals surface area contributed by atoms with Crippen molar-refractivity contribution in [2.45, 2.75) is 31.7 Å². The second-order valence-corrected chi connectivity index (χ2v) is 8.60. The quantitative estimate of drug-likeness (QED) is 0.609. The van der Waals surface area contributed by atoms with Crippen LogP contribution in [0.3, 0.4) is 0 Å². The minimum atomic E-state index is -1.05. The summed E-state index contributed by atoms with van der Waals surface area (Å²) in [6.07, 6.45) is 2.94. The number of rotatable bonds is 6. The first-order valence-electron chi connectivity index (χ1n) is 10.2. The topological polar surface area (TPSA) is 68.5 Å². The third-order valence-electron chi connectivity index (χ3n) is 5.94. The van der Waals surface area contributed by atoms with Crippen LogP contribution in [0.5, 0.6) is 5.75 Å². The third kappa shape index (κ3) is 3.31. The van der Waals surface area contributed by atoms with E-state index in [-0.39, 0.29) is 12.0 Å². The molecule has 5 nitrogen and oxygen atoms in total. The number of hydrogen-bond acceptors (Lipinski definition) is 4. The summed E-state index contributed by atoms with van der Waals surface area (Å²) in [5.41, 5.74) is 1.98. The lowest BCUT2D eigenvalue weighted by atomic mass is 9.97. The standard InChI is InChI=1S/C24H21NO4S/c26-21-11-17(10-16-6-3-5-15-4-1-2-7-18(15)16)23(29-13-14-8-9-14)22-20(30)12-19(24(27)28)25(21)22/h1-7,11,14,19H,8-10,12-13H2,(H,27,28)/t19-/m1/s1. The van der Waals surface area contributed by atoms with Crippen LogP contribution in [0.15, 0.2) is 53.3 Å². The van der Waals surface area contributed by atoms with Crippen molar-refractivity contribution in [1.82, 2.24) is 4.57 Å². The Morgan fingerprint density at radius 1 is 1.13 bits per heavy atom. The third-order valence-corrected chi connectivity index (χ3v) is 6.30. The lowest BCUT2D eigenvalue weighted by molar-refractivity contribution is -0.140. The number of nitrogens with zero attached hydrogens (tertiary/aromatic N) is 1. The molecule has 3 aromatic rings. The fourth-order valence-electron chi connectivity index (χ4n) is 4.22. The summed E-state index contributed by atoms with van der Waals surface area (Å²) in [5, 5.41) is 11.8. The fourth-order valence-corrected chi connectivity index (χ4v) is 4.57. The van der Waals surface area contributed by atoms with Crippen LogP contribution in [0.25, 0.3) is 10.8 Å². The van der Waals surface area contributed by atoms with Crippen molar-refractivity contribution < 1.29 is 14.6 Å². The number of aliphatic carboxylic acids is 1. The Hall–Kier alpha value is -2.99. The lowest BCUT2D eigenvalue weighted by Gasteiger charge is -2.18. The monoisotopic (exact) mass is 419 g/mol. The number of carbonyl (C=O) groups is 1. The Kier molecular flexibility index (Phi) is 4.66. The molecule has 0 spiro atoms. The van der Waals surface area contributed by atoms with E-state index in [0.29, 0.717) is 35.3 Å². The molecule has 152 valence electrons. The van der Waals surface area contributed by atoms with E-state index in [1.165, 1.54) is 10.6 Å². The number of carboxylic acids is 1. The minimum Gasteiger partial charge on any atom is -0.491 e. The maximum Gasteiger partial charge on any atom is 0.327 e. The van der Waals surface area contributed by atoms with E-state index in [9.17, 15) is 14.7 Å². The Morgan fingerprint density at radius 2 is 1.90 bits per heavy atom. The van der Waals surface area contributed by atoms with Crippen LogP contribution in [0.4, 0.5) is 0 Å². The maximum absolute atomic E-state index is 12.9. The summed E-state index contributed by atoms with van der Waals surface area (Å²) >= 11 is 5.51. The van der Waals surface area contributed by atoms with Crippen LogP contribution in [0, 0.1) is 5.92 Å². The molecule has 1 N–H and O–H groups in total. The summed E-state index contributed by atoms with van der Waals surface area (Å²) in [6.45, 7) is 0.564. The molecule has 1 saturated carbocycles. The highest BCUT2D eigenvalue weighted by molar-refractivity contribution is 7.80. The highest BCUT2D eigenvalue weighted by Gasteiger charge is 2.36. The number of hydrogen-bond donors (Lipinski definition) is 1.